The zero-order valence-corrected chi connectivity index (χ0v) is 22.3. The van der Waals surface area contributed by atoms with E-state index in [-0.39, 0.29) is 17.6 Å². The van der Waals surface area contributed by atoms with Crippen molar-refractivity contribution in [2.24, 2.45) is 45.8 Å². The second kappa shape index (κ2) is 7.46. The van der Waals surface area contributed by atoms with Gasteiger partial charge in [0, 0.05) is 36.9 Å². The summed E-state index contributed by atoms with van der Waals surface area (Å²) in [5.41, 5.74) is 2.90. The van der Waals surface area contributed by atoms with Gasteiger partial charge in [-0.2, -0.15) is 0 Å². The molecular formula is C31H45NO4. The molecule has 5 nitrogen and oxygen atoms in total. The van der Waals surface area contributed by atoms with Crippen LogP contribution in [0.4, 0.5) is 0 Å². The number of ether oxygens (including phenoxy) is 2. The van der Waals surface area contributed by atoms with E-state index in [0.717, 1.165) is 43.7 Å². The molecule has 7 fully saturated rings. The van der Waals surface area contributed by atoms with Crippen molar-refractivity contribution in [3.63, 3.8) is 0 Å². The normalized spacial score (nSPS) is 56.2. The van der Waals surface area contributed by atoms with Crippen molar-refractivity contribution in [1.82, 2.24) is 4.90 Å². The van der Waals surface area contributed by atoms with Gasteiger partial charge < -0.3 is 14.6 Å². The lowest BCUT2D eigenvalue weighted by Gasteiger charge is -2.60. The molecule has 6 aliphatic carbocycles. The molecule has 0 aromatic heterocycles. The average Bonchev–Trinajstić information content (AvgIpc) is 3.33. The Morgan fingerprint density at radius 2 is 2.03 bits per heavy atom. The predicted octanol–water partition coefficient (Wildman–Crippen LogP) is 4.38. The number of hydrogen-bond donors (Lipinski definition) is 1. The zero-order chi connectivity index (χ0) is 24.5. The van der Waals surface area contributed by atoms with E-state index in [4.69, 9.17) is 14.6 Å². The SMILES string of the molecule is C[C@H]1C[C@H]2O[C@@]34CC[C@H]5[C@@H]6CCC7=CC(=O)CC[C@]7(C)[C@H]6CC56CC63C[C@@H]4[C@@H]2N(CCOCCO)C1. The summed E-state index contributed by atoms with van der Waals surface area (Å²) in [4.78, 5) is 15.0. The molecule has 0 radical (unpaired) electrons. The molecule has 11 atom stereocenters. The number of fused-ring (bicyclic) bond motifs is 6. The molecule has 2 saturated heterocycles. The highest BCUT2D eigenvalue weighted by atomic mass is 16.5. The van der Waals surface area contributed by atoms with Gasteiger partial charge in [0.05, 0.1) is 31.5 Å². The lowest BCUT2D eigenvalue weighted by atomic mass is 9.47. The Kier molecular flexibility index (Phi) is 4.80. The van der Waals surface area contributed by atoms with E-state index in [1.807, 2.05) is 0 Å². The van der Waals surface area contributed by atoms with E-state index in [1.54, 1.807) is 0 Å². The smallest absolute Gasteiger partial charge is 0.155 e. The molecule has 8 aliphatic rings. The first kappa shape index (κ1) is 23.2. The average molecular weight is 496 g/mol. The Morgan fingerprint density at radius 1 is 1.14 bits per heavy atom. The van der Waals surface area contributed by atoms with E-state index in [1.165, 1.54) is 56.9 Å². The third-order valence-corrected chi connectivity index (χ3v) is 13.6. The van der Waals surface area contributed by atoms with Gasteiger partial charge in [-0.1, -0.05) is 19.4 Å². The molecule has 0 amide bonds. The molecule has 0 bridgehead atoms. The molecule has 0 aromatic carbocycles. The summed E-state index contributed by atoms with van der Waals surface area (Å²) in [6.45, 7) is 8.33. The minimum atomic E-state index is 0.109. The number of likely N-dealkylation sites (tertiary alicyclic amines) is 1. The monoisotopic (exact) mass is 495 g/mol. The third-order valence-electron chi connectivity index (χ3n) is 13.6. The van der Waals surface area contributed by atoms with Crippen LogP contribution in [-0.4, -0.2) is 66.4 Å². The number of allylic oxidation sites excluding steroid dienone is 2. The number of carbonyl (C=O) groups is 1. The van der Waals surface area contributed by atoms with Crippen molar-refractivity contribution in [1.29, 1.82) is 0 Å². The van der Waals surface area contributed by atoms with Gasteiger partial charge in [-0.3, -0.25) is 9.69 Å². The van der Waals surface area contributed by atoms with Crippen molar-refractivity contribution in [2.75, 3.05) is 32.9 Å². The summed E-state index contributed by atoms with van der Waals surface area (Å²) in [7, 11) is 0. The fraction of sp³-hybridized carbons (Fsp3) is 0.903. The minimum Gasteiger partial charge on any atom is -0.394 e. The molecule has 2 heterocycles. The highest BCUT2D eigenvalue weighted by Gasteiger charge is 2.91. The molecule has 3 spiro atoms. The number of piperidine rings is 1. The molecule has 5 heteroatoms. The largest absolute Gasteiger partial charge is 0.394 e. The van der Waals surface area contributed by atoms with Crippen molar-refractivity contribution < 1.29 is 19.4 Å². The first-order valence-corrected chi connectivity index (χ1v) is 15.2. The summed E-state index contributed by atoms with van der Waals surface area (Å²) in [6.07, 6.45) is 14.9. The lowest BCUT2D eigenvalue weighted by molar-refractivity contribution is -0.211. The van der Waals surface area contributed by atoms with Crippen LogP contribution < -0.4 is 0 Å². The van der Waals surface area contributed by atoms with Crippen molar-refractivity contribution >= 4 is 5.78 Å². The van der Waals surface area contributed by atoms with E-state index in [9.17, 15) is 4.79 Å². The molecule has 36 heavy (non-hydrogen) atoms. The van der Waals surface area contributed by atoms with Crippen molar-refractivity contribution in [2.45, 2.75) is 95.8 Å². The maximum atomic E-state index is 12.3. The van der Waals surface area contributed by atoms with Gasteiger partial charge in [-0.05, 0) is 98.4 Å². The summed E-state index contributed by atoms with van der Waals surface area (Å²) in [5.74, 6) is 4.31. The minimum absolute atomic E-state index is 0.109. The van der Waals surface area contributed by atoms with Crippen molar-refractivity contribution in [3.05, 3.63) is 11.6 Å². The maximum absolute atomic E-state index is 12.3. The van der Waals surface area contributed by atoms with Crippen LogP contribution in [0.3, 0.4) is 0 Å². The molecule has 2 unspecified atom stereocenters. The number of nitrogens with zero attached hydrogens (tertiary/aromatic N) is 1. The van der Waals surface area contributed by atoms with Crippen LogP contribution in [0, 0.1) is 45.8 Å². The van der Waals surface area contributed by atoms with Gasteiger partial charge in [0.25, 0.3) is 0 Å². The Balaban J connectivity index is 1.07. The predicted molar refractivity (Wildman–Crippen MR) is 136 cm³/mol. The van der Waals surface area contributed by atoms with Crippen LogP contribution in [0.1, 0.15) is 78.1 Å². The molecule has 198 valence electrons. The quantitative estimate of drug-likeness (QED) is 0.574. The number of aliphatic hydroxyl groups excluding tert-OH is 1. The standard InChI is InChI=1S/C31H45NO4/c1-19-13-26-27(32(17-19)9-11-35-12-10-33)25-16-30-18-29(30)15-24-22(23(29)6-8-31(25,30)36-26)4-3-20-14-21(34)5-7-28(20,24)2/h14,19,22-27,33H,3-13,15-18H2,1-2H3/t19-,22-,23-,24-,25+,26+,27-,28-,29?,30?,31+/m0/s1. The number of carbonyl (C=O) groups excluding carboxylic acids is 1. The topological polar surface area (TPSA) is 59.0 Å². The summed E-state index contributed by atoms with van der Waals surface area (Å²) >= 11 is 0. The van der Waals surface area contributed by atoms with Crippen LogP contribution in [0.5, 0.6) is 0 Å². The zero-order valence-electron chi connectivity index (χ0n) is 22.3. The van der Waals surface area contributed by atoms with Gasteiger partial charge in [0.15, 0.2) is 5.78 Å². The van der Waals surface area contributed by atoms with Gasteiger partial charge in [0.1, 0.15) is 0 Å². The van der Waals surface area contributed by atoms with E-state index in [0.29, 0.717) is 53.8 Å². The Hall–Kier alpha value is -0.750. The summed E-state index contributed by atoms with van der Waals surface area (Å²) in [5, 5.41) is 9.11. The first-order chi connectivity index (χ1) is 17.4. The Morgan fingerprint density at radius 3 is 2.89 bits per heavy atom. The van der Waals surface area contributed by atoms with Crippen LogP contribution in [0.25, 0.3) is 0 Å². The van der Waals surface area contributed by atoms with Crippen LogP contribution in [-0.2, 0) is 14.3 Å². The van der Waals surface area contributed by atoms with Crippen molar-refractivity contribution in [3.8, 4) is 0 Å². The van der Waals surface area contributed by atoms with Crippen LogP contribution in [0.15, 0.2) is 11.6 Å². The number of ketones is 1. The fourth-order valence-corrected chi connectivity index (χ4v) is 12.4. The second-order valence-electron chi connectivity index (χ2n) is 14.6. The third kappa shape index (κ3) is 2.60. The van der Waals surface area contributed by atoms with E-state index in [2.05, 4.69) is 24.8 Å². The lowest BCUT2D eigenvalue weighted by Crippen LogP contribution is -2.64. The van der Waals surface area contributed by atoms with Crippen LogP contribution in [0.2, 0.25) is 0 Å². The van der Waals surface area contributed by atoms with Gasteiger partial charge in [-0.25, -0.2) is 0 Å². The number of hydrogen-bond acceptors (Lipinski definition) is 5. The number of aliphatic hydroxyl groups is 1. The van der Waals surface area contributed by atoms with Gasteiger partial charge >= 0.3 is 0 Å². The highest BCUT2D eigenvalue weighted by Crippen LogP contribution is 2.93. The molecular weight excluding hydrogens is 450 g/mol. The van der Waals surface area contributed by atoms with E-state index >= 15 is 0 Å². The Labute approximate surface area is 216 Å². The fourth-order valence-electron chi connectivity index (χ4n) is 12.4. The second-order valence-corrected chi connectivity index (χ2v) is 14.6. The van der Waals surface area contributed by atoms with E-state index < -0.39 is 0 Å². The molecule has 5 saturated carbocycles. The van der Waals surface area contributed by atoms with Crippen LogP contribution >= 0.6 is 0 Å². The van der Waals surface area contributed by atoms with Gasteiger partial charge in [-0.15, -0.1) is 0 Å². The Bertz CT molecular complexity index is 1010. The highest BCUT2D eigenvalue weighted by molar-refractivity contribution is 5.91. The summed E-state index contributed by atoms with van der Waals surface area (Å²) < 4.78 is 13.0. The molecule has 1 N–H and O–H groups in total. The first-order valence-electron chi connectivity index (χ1n) is 15.2. The maximum Gasteiger partial charge on any atom is 0.155 e. The molecule has 0 aromatic rings. The molecule has 2 aliphatic heterocycles. The number of rotatable bonds is 5. The molecule has 8 rings (SSSR count). The summed E-state index contributed by atoms with van der Waals surface area (Å²) in [6, 6.07) is 0.568. The van der Waals surface area contributed by atoms with Gasteiger partial charge in [0.2, 0.25) is 0 Å².